The van der Waals surface area contributed by atoms with Crippen LogP contribution in [0.3, 0.4) is 0 Å². The number of likely N-dealkylation sites (tertiary alicyclic amines) is 1. The minimum Gasteiger partial charge on any atom is -0.480 e. The van der Waals surface area contributed by atoms with Crippen molar-refractivity contribution in [2.75, 3.05) is 19.7 Å². The molecule has 0 bridgehead atoms. The summed E-state index contributed by atoms with van der Waals surface area (Å²) in [5.74, 6) is -1.09. The highest BCUT2D eigenvalue weighted by molar-refractivity contribution is 5.93. The number of aliphatic carboxylic acids is 1. The van der Waals surface area contributed by atoms with Gasteiger partial charge in [-0.3, -0.25) is 4.79 Å². The molecule has 0 unspecified atom stereocenters. The molecule has 1 fully saturated rings. The Bertz CT molecular complexity index is 421. The van der Waals surface area contributed by atoms with Crippen molar-refractivity contribution in [3.63, 3.8) is 0 Å². The van der Waals surface area contributed by atoms with Gasteiger partial charge in [-0.2, -0.15) is 0 Å². The van der Waals surface area contributed by atoms with Crippen LogP contribution in [0, 0.1) is 0 Å². The van der Waals surface area contributed by atoms with Gasteiger partial charge >= 0.3 is 5.97 Å². The summed E-state index contributed by atoms with van der Waals surface area (Å²) >= 11 is 0. The lowest BCUT2D eigenvalue weighted by Crippen LogP contribution is -2.63. The van der Waals surface area contributed by atoms with E-state index in [4.69, 9.17) is 9.84 Å². The third-order valence-electron chi connectivity index (χ3n) is 2.71. The zero-order chi connectivity index (χ0) is 12.5. The van der Waals surface area contributed by atoms with Crippen molar-refractivity contribution in [2.24, 2.45) is 0 Å². The summed E-state index contributed by atoms with van der Waals surface area (Å²) in [7, 11) is 0. The average Bonchev–Trinajstić information content (AvgIpc) is 2.74. The Balaban J connectivity index is 1.86. The first-order valence-corrected chi connectivity index (χ1v) is 5.29. The van der Waals surface area contributed by atoms with Gasteiger partial charge in [0.25, 0.3) is 5.91 Å². The van der Waals surface area contributed by atoms with Gasteiger partial charge in [0, 0.05) is 6.20 Å². The lowest BCUT2D eigenvalue weighted by molar-refractivity contribution is -0.159. The van der Waals surface area contributed by atoms with E-state index in [1.807, 2.05) is 0 Å². The molecule has 2 rings (SSSR count). The molecule has 6 nitrogen and oxygen atoms in total. The standard InChI is InChI=1S/C11H14N2O4/c1-11(17-5-9(14)15)6-13(7-11)10(16)8-3-2-4-12-8/h2-4,12H,5-7H2,1H3,(H,14,15). The van der Waals surface area contributed by atoms with Gasteiger partial charge in [0.05, 0.1) is 13.1 Å². The lowest BCUT2D eigenvalue weighted by Gasteiger charge is -2.47. The summed E-state index contributed by atoms with van der Waals surface area (Å²) in [6.45, 7) is 2.30. The molecule has 2 heterocycles. The van der Waals surface area contributed by atoms with Gasteiger partial charge in [-0.05, 0) is 19.1 Å². The van der Waals surface area contributed by atoms with Crippen LogP contribution in [0.5, 0.6) is 0 Å². The van der Waals surface area contributed by atoms with Gasteiger partial charge < -0.3 is 19.7 Å². The third kappa shape index (κ3) is 2.47. The minimum atomic E-state index is -1.000. The van der Waals surface area contributed by atoms with Crippen LogP contribution in [0.4, 0.5) is 0 Å². The number of carbonyl (C=O) groups excluding carboxylic acids is 1. The molecule has 0 atom stereocenters. The van der Waals surface area contributed by atoms with E-state index in [0.717, 1.165) is 0 Å². The van der Waals surface area contributed by atoms with Crippen LogP contribution in [0.15, 0.2) is 18.3 Å². The highest BCUT2D eigenvalue weighted by Gasteiger charge is 2.43. The van der Waals surface area contributed by atoms with E-state index in [1.54, 1.807) is 30.2 Å². The Kier molecular flexibility index (Phi) is 2.89. The highest BCUT2D eigenvalue weighted by atomic mass is 16.5. The van der Waals surface area contributed by atoms with Crippen LogP contribution in [-0.2, 0) is 9.53 Å². The van der Waals surface area contributed by atoms with Gasteiger partial charge in [0.1, 0.15) is 17.9 Å². The fraction of sp³-hybridized carbons (Fsp3) is 0.455. The van der Waals surface area contributed by atoms with Gasteiger partial charge in [-0.15, -0.1) is 0 Å². The van der Waals surface area contributed by atoms with Gasteiger partial charge in [-0.25, -0.2) is 4.79 Å². The second kappa shape index (κ2) is 4.21. The van der Waals surface area contributed by atoms with Crippen LogP contribution in [-0.4, -0.2) is 52.2 Å². The number of carboxylic acids is 1. The predicted octanol–water partition coefficient (Wildman–Crippen LogP) is 0.330. The highest BCUT2D eigenvalue weighted by Crippen LogP contribution is 2.25. The zero-order valence-corrected chi connectivity index (χ0v) is 9.47. The molecule has 1 aromatic rings. The first-order chi connectivity index (χ1) is 8.00. The van der Waals surface area contributed by atoms with Crippen molar-refractivity contribution in [3.8, 4) is 0 Å². The van der Waals surface area contributed by atoms with E-state index in [0.29, 0.717) is 18.8 Å². The number of nitrogens with zero attached hydrogens (tertiary/aromatic N) is 1. The number of aromatic nitrogens is 1. The molecule has 92 valence electrons. The zero-order valence-electron chi connectivity index (χ0n) is 9.47. The first kappa shape index (κ1) is 11.7. The predicted molar refractivity (Wildman–Crippen MR) is 58.7 cm³/mol. The summed E-state index contributed by atoms with van der Waals surface area (Å²) in [5.41, 5.74) is -0.00836. The maximum atomic E-state index is 11.8. The number of hydrogen-bond acceptors (Lipinski definition) is 3. The summed E-state index contributed by atoms with van der Waals surface area (Å²) in [5, 5.41) is 8.51. The second-order valence-electron chi connectivity index (χ2n) is 4.38. The fourth-order valence-corrected chi connectivity index (χ4v) is 1.87. The number of carboxylic acid groups (broad SMARTS) is 1. The number of carbonyl (C=O) groups is 2. The van der Waals surface area contributed by atoms with E-state index in [-0.39, 0.29) is 12.5 Å². The largest absolute Gasteiger partial charge is 0.480 e. The number of aromatic amines is 1. The molecule has 17 heavy (non-hydrogen) atoms. The van der Waals surface area contributed by atoms with Crippen LogP contribution in [0.25, 0.3) is 0 Å². The molecule has 0 aliphatic carbocycles. The molecule has 1 aromatic heterocycles. The van der Waals surface area contributed by atoms with Crippen LogP contribution in [0.1, 0.15) is 17.4 Å². The Morgan fingerprint density at radius 1 is 1.59 bits per heavy atom. The van der Waals surface area contributed by atoms with Crippen LogP contribution < -0.4 is 0 Å². The number of rotatable bonds is 4. The maximum Gasteiger partial charge on any atom is 0.329 e. The number of nitrogens with one attached hydrogen (secondary N) is 1. The fourth-order valence-electron chi connectivity index (χ4n) is 1.87. The molecule has 2 N–H and O–H groups in total. The second-order valence-corrected chi connectivity index (χ2v) is 4.38. The Labute approximate surface area is 98.2 Å². The molecule has 0 radical (unpaired) electrons. The molecule has 6 heteroatoms. The Hall–Kier alpha value is -1.82. The molecule has 0 aromatic carbocycles. The van der Waals surface area contributed by atoms with Crippen LogP contribution >= 0.6 is 0 Å². The molecular formula is C11H14N2O4. The van der Waals surface area contributed by atoms with Crippen molar-refractivity contribution in [1.82, 2.24) is 9.88 Å². The SMILES string of the molecule is CC1(OCC(=O)O)CN(C(=O)c2ccc[nH]2)C1. The monoisotopic (exact) mass is 238 g/mol. The van der Waals surface area contributed by atoms with E-state index in [2.05, 4.69) is 4.98 Å². The Morgan fingerprint density at radius 2 is 2.29 bits per heavy atom. The molecule has 1 aliphatic heterocycles. The van der Waals surface area contributed by atoms with Gasteiger partial charge in [-0.1, -0.05) is 0 Å². The van der Waals surface area contributed by atoms with Crippen molar-refractivity contribution < 1.29 is 19.4 Å². The van der Waals surface area contributed by atoms with Gasteiger partial charge in [0.15, 0.2) is 0 Å². The molecular weight excluding hydrogens is 224 g/mol. The normalized spacial score (nSPS) is 17.6. The van der Waals surface area contributed by atoms with E-state index in [9.17, 15) is 9.59 Å². The summed E-state index contributed by atoms with van der Waals surface area (Å²) in [6, 6.07) is 3.46. The summed E-state index contributed by atoms with van der Waals surface area (Å²) < 4.78 is 5.22. The molecule has 1 aliphatic rings. The minimum absolute atomic E-state index is 0.0913. The summed E-state index contributed by atoms with van der Waals surface area (Å²) in [6.07, 6.45) is 1.69. The number of amides is 1. The number of hydrogen-bond donors (Lipinski definition) is 2. The molecule has 1 saturated heterocycles. The third-order valence-corrected chi connectivity index (χ3v) is 2.71. The van der Waals surface area contributed by atoms with E-state index < -0.39 is 11.6 Å². The summed E-state index contributed by atoms with van der Waals surface area (Å²) in [4.78, 5) is 26.7. The number of ether oxygens (including phenoxy) is 1. The van der Waals surface area contributed by atoms with E-state index in [1.165, 1.54) is 0 Å². The molecule has 0 spiro atoms. The lowest BCUT2D eigenvalue weighted by atomic mass is 9.96. The average molecular weight is 238 g/mol. The molecule has 1 amide bonds. The van der Waals surface area contributed by atoms with Crippen molar-refractivity contribution in [1.29, 1.82) is 0 Å². The quantitative estimate of drug-likeness (QED) is 0.792. The maximum absolute atomic E-state index is 11.8. The van der Waals surface area contributed by atoms with Crippen molar-refractivity contribution in [3.05, 3.63) is 24.0 Å². The number of H-pyrrole nitrogens is 1. The van der Waals surface area contributed by atoms with Crippen LogP contribution in [0.2, 0.25) is 0 Å². The molecule has 0 saturated carbocycles. The smallest absolute Gasteiger partial charge is 0.329 e. The topological polar surface area (TPSA) is 82.6 Å². The van der Waals surface area contributed by atoms with Gasteiger partial charge in [0.2, 0.25) is 0 Å². The van der Waals surface area contributed by atoms with Crippen molar-refractivity contribution in [2.45, 2.75) is 12.5 Å². The Morgan fingerprint density at radius 3 is 2.82 bits per heavy atom. The first-order valence-electron chi connectivity index (χ1n) is 5.29. The van der Waals surface area contributed by atoms with Crippen molar-refractivity contribution >= 4 is 11.9 Å². The van der Waals surface area contributed by atoms with E-state index >= 15 is 0 Å².